The molecule has 13 heteroatoms. The summed E-state index contributed by atoms with van der Waals surface area (Å²) in [4.78, 5) is 25.3. The number of non-ortho nitro benzene ring substituents is 1. The van der Waals surface area contributed by atoms with Crippen LogP contribution in [-0.4, -0.2) is 19.9 Å². The first-order chi connectivity index (χ1) is 16.3. The zero-order chi connectivity index (χ0) is 23.7. The highest BCUT2D eigenvalue weighted by molar-refractivity contribution is 7.28. The van der Waals surface area contributed by atoms with Gasteiger partial charge in [0.25, 0.3) is 5.69 Å². The minimum Gasteiger partial charge on any atom is -0.258 e. The number of hydrogen-bond donors (Lipinski definition) is 0. The molecule has 0 bridgehead atoms. The molecule has 3 aromatic heterocycles. The number of nitro groups is 1. The lowest BCUT2D eigenvalue weighted by Crippen LogP contribution is -1.89. The number of fused-ring (bicyclic) bond motifs is 3. The first-order valence-electron chi connectivity index (χ1n) is 9.38. The van der Waals surface area contributed by atoms with Crippen molar-refractivity contribution in [2.24, 2.45) is 0 Å². The third kappa shape index (κ3) is 3.63. The Morgan fingerprint density at radius 3 is 2.24 bits per heavy atom. The summed E-state index contributed by atoms with van der Waals surface area (Å²) in [7, 11) is 0. The fourth-order valence-corrected chi connectivity index (χ4v) is 7.37. The van der Waals surface area contributed by atoms with Gasteiger partial charge in [0.2, 0.25) is 0 Å². The average molecular weight is 584 g/mol. The Morgan fingerprint density at radius 1 is 0.735 bits per heavy atom. The Balaban J connectivity index is 1.58. The van der Waals surface area contributed by atoms with Crippen molar-refractivity contribution in [1.29, 1.82) is 0 Å². The predicted molar refractivity (Wildman–Crippen MR) is 144 cm³/mol. The van der Waals surface area contributed by atoms with E-state index >= 15 is 0 Å². The van der Waals surface area contributed by atoms with Gasteiger partial charge in [0.15, 0.2) is 10.0 Å². The molecule has 6 nitrogen and oxygen atoms in total. The van der Waals surface area contributed by atoms with E-state index in [1.54, 1.807) is 24.3 Å². The molecule has 0 saturated carbocycles. The number of nitrogens with zero attached hydrogens (tertiary/aromatic N) is 4. The molecule has 0 N–H and O–H groups in total. The van der Waals surface area contributed by atoms with Crippen molar-refractivity contribution in [3.05, 3.63) is 66.6 Å². The van der Waals surface area contributed by atoms with Gasteiger partial charge in [-0.1, -0.05) is 46.4 Å². The van der Waals surface area contributed by atoms with Gasteiger partial charge in [0.05, 0.1) is 55.7 Å². The van der Waals surface area contributed by atoms with Gasteiger partial charge >= 0.3 is 0 Å². The summed E-state index contributed by atoms with van der Waals surface area (Å²) < 4.78 is 2.23. The van der Waals surface area contributed by atoms with Gasteiger partial charge in [-0.3, -0.25) is 10.1 Å². The molecule has 0 unspecified atom stereocenters. The second-order valence-corrected chi connectivity index (χ2v) is 11.8. The lowest BCUT2D eigenvalue weighted by molar-refractivity contribution is -0.384. The van der Waals surface area contributed by atoms with Crippen LogP contribution in [0.3, 0.4) is 0 Å². The number of rotatable bonds is 3. The largest absolute Gasteiger partial charge is 0.271 e. The van der Waals surface area contributed by atoms with Crippen LogP contribution in [0.5, 0.6) is 0 Å². The summed E-state index contributed by atoms with van der Waals surface area (Å²) in [5.41, 5.74) is 2.47. The van der Waals surface area contributed by atoms with E-state index in [2.05, 4.69) is 9.97 Å². The average Bonchev–Trinajstić information content (AvgIpc) is 3.52. The molecular weight excluding hydrogens is 578 g/mol. The summed E-state index contributed by atoms with van der Waals surface area (Å²) in [5.74, 6) is 0. The minimum absolute atomic E-state index is 0.0489. The van der Waals surface area contributed by atoms with Crippen LogP contribution >= 0.6 is 80.4 Å². The summed E-state index contributed by atoms with van der Waals surface area (Å²) in [6.07, 6.45) is 0. The maximum atomic E-state index is 11.7. The minimum atomic E-state index is -0.428. The molecule has 6 rings (SSSR count). The summed E-state index contributed by atoms with van der Waals surface area (Å²) in [5, 5.41) is 15.2. The summed E-state index contributed by atoms with van der Waals surface area (Å²) >= 11 is 28.8. The van der Waals surface area contributed by atoms with Crippen molar-refractivity contribution >= 4 is 117 Å². The Hall–Kier alpha value is -2.11. The van der Waals surface area contributed by atoms with E-state index in [-0.39, 0.29) is 5.69 Å². The molecule has 0 atom stereocenters. The van der Waals surface area contributed by atoms with Gasteiger partial charge in [0, 0.05) is 17.7 Å². The highest BCUT2D eigenvalue weighted by atomic mass is 35.5. The van der Waals surface area contributed by atoms with Gasteiger partial charge in [-0.15, -0.1) is 34.0 Å². The van der Waals surface area contributed by atoms with Crippen LogP contribution in [0.2, 0.25) is 20.1 Å². The van der Waals surface area contributed by atoms with Crippen molar-refractivity contribution in [1.82, 2.24) is 15.0 Å². The SMILES string of the molecule is O=[N+]([O-])c1cc(-c2nc3cc(Cl)c(Cl)cc3s2)c2nc(-c3nc4ccc(Cl)c(Cl)c4s3)sc2c1. The molecule has 0 fully saturated rings. The van der Waals surface area contributed by atoms with E-state index in [0.29, 0.717) is 61.9 Å². The van der Waals surface area contributed by atoms with Crippen molar-refractivity contribution in [2.45, 2.75) is 0 Å². The van der Waals surface area contributed by atoms with Crippen molar-refractivity contribution in [2.75, 3.05) is 0 Å². The zero-order valence-corrected chi connectivity index (χ0v) is 21.8. The van der Waals surface area contributed by atoms with Crippen LogP contribution < -0.4 is 0 Å². The van der Waals surface area contributed by atoms with Crippen LogP contribution in [0.4, 0.5) is 5.69 Å². The maximum Gasteiger partial charge on any atom is 0.271 e. The highest BCUT2D eigenvalue weighted by Gasteiger charge is 2.22. The quantitative estimate of drug-likeness (QED) is 0.153. The van der Waals surface area contributed by atoms with Crippen LogP contribution in [0.25, 0.3) is 51.2 Å². The number of aromatic nitrogens is 3. The molecule has 3 aromatic carbocycles. The molecule has 0 radical (unpaired) electrons. The van der Waals surface area contributed by atoms with Gasteiger partial charge in [0.1, 0.15) is 5.01 Å². The number of hydrogen-bond acceptors (Lipinski definition) is 8. The topological polar surface area (TPSA) is 81.8 Å². The summed E-state index contributed by atoms with van der Waals surface area (Å²) in [6.45, 7) is 0. The zero-order valence-electron chi connectivity index (χ0n) is 16.3. The van der Waals surface area contributed by atoms with Crippen LogP contribution in [0, 0.1) is 10.1 Å². The molecule has 0 aliphatic carbocycles. The number of benzene rings is 3. The monoisotopic (exact) mass is 582 g/mol. The number of nitro benzene ring substituents is 1. The van der Waals surface area contributed by atoms with Crippen molar-refractivity contribution < 1.29 is 4.92 Å². The van der Waals surface area contributed by atoms with E-state index in [4.69, 9.17) is 51.4 Å². The lowest BCUT2D eigenvalue weighted by atomic mass is 10.2. The predicted octanol–water partition coefficient (Wildman–Crippen LogP) is 9.37. The molecule has 0 spiro atoms. The molecule has 3 heterocycles. The van der Waals surface area contributed by atoms with E-state index in [1.165, 1.54) is 46.1 Å². The van der Waals surface area contributed by atoms with Crippen LogP contribution in [0.1, 0.15) is 0 Å². The first-order valence-corrected chi connectivity index (χ1v) is 13.3. The Morgan fingerprint density at radius 2 is 1.44 bits per heavy atom. The molecule has 0 amide bonds. The van der Waals surface area contributed by atoms with Gasteiger partial charge in [-0.2, -0.15) is 0 Å². The number of thiazole rings is 3. The molecular formula is C21H6Cl4N4O2S3. The molecule has 168 valence electrons. The number of halogens is 4. The second-order valence-electron chi connectivity index (χ2n) is 7.10. The standard InChI is InChI=1S/C21H6Cl4N4O2S3/c22-9-1-2-12-18(16(9)25)34-20(26-12)21-28-17-8(3-7(29(30)31)4-15(17)33-21)19-27-13-5-10(23)11(24)6-14(13)32-19/h1-6H. The molecule has 0 saturated heterocycles. The van der Waals surface area contributed by atoms with Crippen LogP contribution in [0.15, 0.2) is 36.4 Å². The van der Waals surface area contributed by atoms with Crippen molar-refractivity contribution in [3.8, 4) is 20.6 Å². The fraction of sp³-hybridized carbons (Fsp3) is 0. The fourth-order valence-electron chi connectivity index (χ4n) is 3.44. The van der Waals surface area contributed by atoms with Gasteiger partial charge in [-0.05, 0) is 24.3 Å². The van der Waals surface area contributed by atoms with Crippen molar-refractivity contribution in [3.63, 3.8) is 0 Å². The van der Waals surface area contributed by atoms with Gasteiger partial charge < -0.3 is 0 Å². The molecule has 0 aliphatic heterocycles. The van der Waals surface area contributed by atoms with Gasteiger partial charge in [-0.25, -0.2) is 15.0 Å². The third-order valence-electron chi connectivity index (χ3n) is 4.98. The summed E-state index contributed by atoms with van der Waals surface area (Å²) in [6, 6.07) is 9.90. The normalized spacial score (nSPS) is 11.8. The molecule has 34 heavy (non-hydrogen) atoms. The Kier molecular flexibility index (Phi) is 5.42. The first kappa shape index (κ1) is 22.4. The smallest absolute Gasteiger partial charge is 0.258 e. The second kappa shape index (κ2) is 8.23. The molecule has 6 aromatic rings. The third-order valence-corrected chi connectivity index (χ3v) is 9.91. The van der Waals surface area contributed by atoms with E-state index in [9.17, 15) is 10.1 Å². The maximum absolute atomic E-state index is 11.7. The van der Waals surface area contributed by atoms with Crippen LogP contribution in [-0.2, 0) is 0 Å². The van der Waals surface area contributed by atoms with E-state index < -0.39 is 4.92 Å². The van der Waals surface area contributed by atoms with E-state index in [1.807, 2.05) is 0 Å². The van der Waals surface area contributed by atoms with E-state index in [0.717, 1.165) is 9.40 Å². The Bertz CT molecular complexity index is 1770. The Labute approximate surface area is 222 Å². The highest BCUT2D eigenvalue weighted by Crippen LogP contribution is 2.44. The molecule has 0 aliphatic rings. The lowest BCUT2D eigenvalue weighted by Gasteiger charge is -1.99.